The van der Waals surface area contributed by atoms with Crippen LogP contribution in [0.2, 0.25) is 0 Å². The van der Waals surface area contributed by atoms with E-state index in [1.54, 1.807) is 23.5 Å². The first-order chi connectivity index (χ1) is 34.4. The molecule has 6 aromatic rings. The zero-order chi connectivity index (χ0) is 51.7. The minimum atomic E-state index is -0.567. The van der Waals surface area contributed by atoms with Crippen molar-refractivity contribution in [3.05, 3.63) is 178 Å². The minimum absolute atomic E-state index is 0.0353. The van der Waals surface area contributed by atoms with Gasteiger partial charge in [-0.05, 0) is 103 Å². The smallest absolute Gasteiger partial charge is 0.225 e. The number of carbonyl (C=O) groups excluding carboxylic acids is 2. The molecule has 0 atom stereocenters. The standard InChI is InChI=1S/C33H42N4OS.C27H30N4OS/c1-7-8-9-10-11-12-31(38)35-32-34-30-22-13-24(2)23-29(30)33(39-32,25-14-18-27(19-15-25)36(3)4)26-16-20-28(21-17-26)37(5)6;1-18-7-16-25-24(17-18)27(33-26(29-25)28-19(2)32,20-8-12-22(13-9-20)30(3)4)21-10-14-23(15-11-21)31(5)6/h13-23H,7-12H2,1-6H3,(H,34,35,38);7-17H,1-6H3,(H,28,29,32). The van der Waals surface area contributed by atoms with Gasteiger partial charge < -0.3 is 30.2 Å². The molecule has 0 spiro atoms. The van der Waals surface area contributed by atoms with Gasteiger partial charge in [0, 0.05) is 104 Å². The fraction of sp³-hybridized carbons (Fsp3) is 0.333. The fourth-order valence-corrected chi connectivity index (χ4v) is 12.0. The predicted molar refractivity (Wildman–Crippen MR) is 310 cm³/mol. The van der Waals surface area contributed by atoms with Crippen LogP contribution in [-0.2, 0) is 19.1 Å². The quantitative estimate of drug-likeness (QED) is 0.104. The lowest BCUT2D eigenvalue weighted by molar-refractivity contribution is -0.120. The third-order valence-electron chi connectivity index (χ3n) is 13.2. The molecule has 2 amide bonds. The van der Waals surface area contributed by atoms with Crippen LogP contribution in [0, 0.1) is 13.8 Å². The van der Waals surface area contributed by atoms with Crippen LogP contribution in [0.15, 0.2) is 143 Å². The third kappa shape index (κ3) is 11.9. The van der Waals surface area contributed by atoms with Crippen molar-refractivity contribution in [2.75, 3.05) is 76.0 Å². The lowest BCUT2D eigenvalue weighted by Crippen LogP contribution is -2.37. The van der Waals surface area contributed by atoms with E-state index in [1.807, 2.05) is 34.3 Å². The number of aryl methyl sites for hydroxylation is 2. The molecular formula is C60H72N8O2S2. The molecule has 8 rings (SSSR count). The Morgan fingerprint density at radius 2 is 0.806 bits per heavy atom. The molecule has 2 heterocycles. The Kier molecular flexibility index (Phi) is 17.3. The van der Waals surface area contributed by atoms with Crippen molar-refractivity contribution >= 4 is 79.8 Å². The molecule has 72 heavy (non-hydrogen) atoms. The molecule has 0 saturated heterocycles. The van der Waals surface area contributed by atoms with E-state index in [2.05, 4.69) is 207 Å². The van der Waals surface area contributed by atoms with Crippen molar-refractivity contribution in [2.45, 2.75) is 75.7 Å². The SMILES string of the molecule is CC(=O)NC1=Nc2ccc(C)cc2C(c2ccc(N(C)C)cc2)(c2ccc(N(C)C)cc2)S1.CCCCCCCC(=O)NC1=Nc2ccc(C)cc2C(c2ccc(N(C)C)cc2)(c2ccc(N(C)C)cc2)S1. The van der Waals surface area contributed by atoms with Crippen molar-refractivity contribution in [2.24, 2.45) is 9.98 Å². The van der Waals surface area contributed by atoms with Crippen LogP contribution in [0.1, 0.15) is 96.9 Å². The van der Waals surface area contributed by atoms with Crippen molar-refractivity contribution in [1.29, 1.82) is 0 Å². The molecule has 0 fully saturated rings. The average molecular weight is 1000 g/mol. The number of anilines is 4. The number of rotatable bonds is 14. The topological polar surface area (TPSA) is 95.9 Å². The maximum absolute atomic E-state index is 13.0. The zero-order valence-electron chi connectivity index (χ0n) is 44.3. The van der Waals surface area contributed by atoms with E-state index in [9.17, 15) is 9.59 Å². The highest BCUT2D eigenvalue weighted by atomic mass is 32.2. The number of hydrogen-bond acceptors (Lipinski definition) is 10. The number of hydrogen-bond donors (Lipinski definition) is 2. The summed E-state index contributed by atoms with van der Waals surface area (Å²) in [4.78, 5) is 43.2. The van der Waals surface area contributed by atoms with Crippen LogP contribution in [0.4, 0.5) is 34.1 Å². The van der Waals surface area contributed by atoms with E-state index < -0.39 is 9.49 Å². The molecule has 10 nitrogen and oxygen atoms in total. The maximum Gasteiger partial charge on any atom is 0.225 e. The lowest BCUT2D eigenvalue weighted by atomic mass is 9.82. The molecule has 0 bridgehead atoms. The first-order valence-electron chi connectivity index (χ1n) is 24.9. The van der Waals surface area contributed by atoms with Gasteiger partial charge in [0.2, 0.25) is 11.8 Å². The molecule has 2 aliphatic rings. The molecule has 0 aromatic heterocycles. The van der Waals surface area contributed by atoms with E-state index in [1.165, 1.54) is 37.3 Å². The second-order valence-electron chi connectivity index (χ2n) is 19.6. The Morgan fingerprint density at radius 1 is 0.472 bits per heavy atom. The third-order valence-corrected chi connectivity index (χ3v) is 16.0. The summed E-state index contributed by atoms with van der Waals surface area (Å²) in [6, 6.07) is 47.6. The van der Waals surface area contributed by atoms with Gasteiger partial charge in [0.05, 0.1) is 11.4 Å². The van der Waals surface area contributed by atoms with Crippen molar-refractivity contribution in [1.82, 2.24) is 10.6 Å². The highest BCUT2D eigenvalue weighted by molar-refractivity contribution is 8.15. The van der Waals surface area contributed by atoms with Gasteiger partial charge in [-0.2, -0.15) is 0 Å². The molecule has 376 valence electrons. The largest absolute Gasteiger partial charge is 0.378 e. The van der Waals surface area contributed by atoms with E-state index in [-0.39, 0.29) is 11.8 Å². The number of amides is 2. The van der Waals surface area contributed by atoms with Gasteiger partial charge in [-0.15, -0.1) is 0 Å². The van der Waals surface area contributed by atoms with Gasteiger partial charge in [0.25, 0.3) is 0 Å². The summed E-state index contributed by atoms with van der Waals surface area (Å²) in [6.45, 7) is 7.96. The van der Waals surface area contributed by atoms with Crippen LogP contribution >= 0.6 is 23.5 Å². The Bertz CT molecular complexity index is 2790. The van der Waals surface area contributed by atoms with Crippen LogP contribution in [0.25, 0.3) is 0 Å². The Balaban J connectivity index is 0.000000214. The number of nitrogens with one attached hydrogen (secondary N) is 2. The number of amidine groups is 2. The first-order valence-corrected chi connectivity index (χ1v) is 26.5. The highest BCUT2D eigenvalue weighted by Crippen LogP contribution is 2.56. The second kappa shape index (κ2) is 23.4. The summed E-state index contributed by atoms with van der Waals surface area (Å²) in [7, 11) is 16.4. The number of aliphatic imine (C=N–C) groups is 2. The summed E-state index contributed by atoms with van der Waals surface area (Å²) in [6.07, 6.45) is 6.12. The molecule has 2 N–H and O–H groups in total. The minimum Gasteiger partial charge on any atom is -0.378 e. The monoisotopic (exact) mass is 1000 g/mol. The van der Waals surface area contributed by atoms with Gasteiger partial charge in [0.1, 0.15) is 9.49 Å². The second-order valence-corrected chi connectivity index (χ2v) is 22.0. The summed E-state index contributed by atoms with van der Waals surface area (Å²) >= 11 is 3.22. The summed E-state index contributed by atoms with van der Waals surface area (Å²) < 4.78 is -1.13. The molecule has 0 aliphatic carbocycles. The van der Waals surface area contributed by atoms with Crippen molar-refractivity contribution < 1.29 is 9.59 Å². The lowest BCUT2D eigenvalue weighted by Gasteiger charge is -2.39. The van der Waals surface area contributed by atoms with Crippen molar-refractivity contribution in [3.63, 3.8) is 0 Å². The van der Waals surface area contributed by atoms with Gasteiger partial charge in [-0.3, -0.25) is 9.59 Å². The normalized spacial score (nSPS) is 14.0. The predicted octanol–water partition coefficient (Wildman–Crippen LogP) is 12.9. The van der Waals surface area contributed by atoms with Crippen LogP contribution in [-0.4, -0.2) is 78.5 Å². The molecule has 0 saturated carbocycles. The molecule has 0 radical (unpaired) electrons. The average Bonchev–Trinajstić information content (AvgIpc) is 3.36. The van der Waals surface area contributed by atoms with E-state index in [0.29, 0.717) is 16.8 Å². The number of benzene rings is 6. The number of thioether (sulfide) groups is 2. The van der Waals surface area contributed by atoms with Gasteiger partial charge in [-0.1, -0.05) is 140 Å². The summed E-state index contributed by atoms with van der Waals surface area (Å²) in [5.74, 6) is -0.0928. The van der Waals surface area contributed by atoms with E-state index in [4.69, 9.17) is 9.98 Å². The number of unbranched alkanes of at least 4 members (excludes halogenated alkanes) is 4. The molecule has 12 heteroatoms. The van der Waals surface area contributed by atoms with Crippen LogP contribution in [0.5, 0.6) is 0 Å². The highest BCUT2D eigenvalue weighted by Gasteiger charge is 2.45. The molecular weight excluding hydrogens is 929 g/mol. The molecule has 6 aromatic carbocycles. The first kappa shape index (κ1) is 53.3. The Morgan fingerprint density at radius 3 is 1.12 bits per heavy atom. The van der Waals surface area contributed by atoms with Gasteiger partial charge >= 0.3 is 0 Å². The van der Waals surface area contributed by atoms with Gasteiger partial charge in [0.15, 0.2) is 10.3 Å². The van der Waals surface area contributed by atoms with E-state index in [0.717, 1.165) is 80.3 Å². The molecule has 2 aliphatic heterocycles. The van der Waals surface area contributed by atoms with Crippen LogP contribution in [0.3, 0.4) is 0 Å². The van der Waals surface area contributed by atoms with Gasteiger partial charge in [-0.25, -0.2) is 9.98 Å². The van der Waals surface area contributed by atoms with Crippen molar-refractivity contribution in [3.8, 4) is 0 Å². The van der Waals surface area contributed by atoms with E-state index >= 15 is 0 Å². The maximum atomic E-state index is 13.0. The summed E-state index contributed by atoms with van der Waals surface area (Å²) in [5, 5.41) is 7.38. The number of carbonyl (C=O) groups is 2. The van der Waals surface area contributed by atoms with Crippen LogP contribution < -0.4 is 30.2 Å². The number of fused-ring (bicyclic) bond motifs is 2. The Hall–Kier alpha value is -6.50. The zero-order valence-corrected chi connectivity index (χ0v) is 45.9. The molecule has 0 unspecified atom stereocenters. The Labute approximate surface area is 437 Å². The fourth-order valence-electron chi connectivity index (χ4n) is 9.22. The number of nitrogens with zero attached hydrogens (tertiary/aromatic N) is 6. The summed E-state index contributed by atoms with van der Waals surface area (Å²) in [5.41, 5.74) is 15.5.